The maximum Gasteiger partial charge on any atom is 0.243 e. The van der Waals surface area contributed by atoms with E-state index in [9.17, 15) is 19.5 Å². The lowest BCUT2D eigenvalue weighted by atomic mass is 9.70. The number of unbranched alkanes of at least 4 members (excludes halogenated alkanes) is 1. The van der Waals surface area contributed by atoms with Crippen LogP contribution in [0.15, 0.2) is 12.2 Å². The Labute approximate surface area is 174 Å². The number of likely N-dealkylation sites (tertiary alicyclic amines) is 1. The minimum Gasteiger partial charge on any atom is -0.394 e. The molecule has 0 saturated carbocycles. The summed E-state index contributed by atoms with van der Waals surface area (Å²) in [5.41, 5.74) is 0. The van der Waals surface area contributed by atoms with E-state index < -0.39 is 23.9 Å². The van der Waals surface area contributed by atoms with E-state index in [1.54, 1.807) is 11.9 Å². The van der Waals surface area contributed by atoms with Crippen LogP contribution < -0.4 is 10.6 Å². The number of rotatable bonds is 9. The fourth-order valence-electron chi connectivity index (χ4n) is 4.77. The van der Waals surface area contributed by atoms with E-state index >= 15 is 0 Å². The van der Waals surface area contributed by atoms with Crippen molar-refractivity contribution >= 4 is 17.7 Å². The lowest BCUT2D eigenvalue weighted by Crippen LogP contribution is -2.54. The molecule has 29 heavy (non-hydrogen) atoms. The van der Waals surface area contributed by atoms with Crippen molar-refractivity contribution in [3.05, 3.63) is 12.2 Å². The monoisotopic (exact) mass is 407 g/mol. The first-order valence-corrected chi connectivity index (χ1v) is 10.9. The Morgan fingerprint density at radius 3 is 2.48 bits per heavy atom. The van der Waals surface area contributed by atoms with Crippen molar-refractivity contribution < 1.29 is 19.5 Å². The molecule has 0 aromatic heterocycles. The number of aliphatic hydroxyl groups excluding tert-OH is 1. The molecule has 164 valence electrons. The molecule has 3 N–H and O–H groups in total. The van der Waals surface area contributed by atoms with Crippen LogP contribution in [0, 0.1) is 29.6 Å². The summed E-state index contributed by atoms with van der Waals surface area (Å²) in [6.07, 6.45) is 6.48. The summed E-state index contributed by atoms with van der Waals surface area (Å²) in [4.78, 5) is 41.0. The summed E-state index contributed by atoms with van der Waals surface area (Å²) < 4.78 is 0. The first-order chi connectivity index (χ1) is 13.8. The Morgan fingerprint density at radius 1 is 1.24 bits per heavy atom. The number of nitrogens with zero attached hydrogens (tertiary/aromatic N) is 1. The normalized spacial score (nSPS) is 30.6. The molecule has 7 heteroatoms. The third kappa shape index (κ3) is 4.49. The summed E-state index contributed by atoms with van der Waals surface area (Å²) in [6.45, 7) is 8.32. The van der Waals surface area contributed by atoms with Gasteiger partial charge in [-0.2, -0.15) is 0 Å². The molecule has 1 aliphatic carbocycles. The fraction of sp³-hybridized carbons (Fsp3) is 0.773. The molecule has 1 heterocycles. The van der Waals surface area contributed by atoms with E-state index in [4.69, 9.17) is 0 Å². The largest absolute Gasteiger partial charge is 0.394 e. The number of nitrogens with one attached hydrogen (secondary N) is 2. The number of carbonyl (C=O) groups excluding carboxylic acids is 3. The van der Waals surface area contributed by atoms with Crippen molar-refractivity contribution in [2.45, 2.75) is 59.0 Å². The van der Waals surface area contributed by atoms with Crippen LogP contribution in [0.3, 0.4) is 0 Å². The molecular formula is C22H37N3O4. The number of fused-ring (bicyclic) bond motifs is 1. The first kappa shape index (κ1) is 23.4. The van der Waals surface area contributed by atoms with Gasteiger partial charge in [-0.05, 0) is 18.3 Å². The number of hydrogen-bond donors (Lipinski definition) is 3. The van der Waals surface area contributed by atoms with E-state index in [0.717, 1.165) is 19.3 Å². The van der Waals surface area contributed by atoms with E-state index in [1.807, 2.05) is 32.9 Å². The molecule has 0 radical (unpaired) electrons. The van der Waals surface area contributed by atoms with Gasteiger partial charge in [0, 0.05) is 19.5 Å². The van der Waals surface area contributed by atoms with Gasteiger partial charge < -0.3 is 20.6 Å². The van der Waals surface area contributed by atoms with Crippen LogP contribution in [0.2, 0.25) is 0 Å². The first-order valence-electron chi connectivity index (χ1n) is 10.9. The maximum atomic E-state index is 13.6. The van der Waals surface area contributed by atoms with Crippen LogP contribution in [-0.4, -0.2) is 60.0 Å². The molecule has 0 aromatic rings. The molecule has 0 bridgehead atoms. The smallest absolute Gasteiger partial charge is 0.243 e. The van der Waals surface area contributed by atoms with Crippen LogP contribution in [-0.2, 0) is 14.4 Å². The van der Waals surface area contributed by atoms with Crippen molar-refractivity contribution in [3.63, 3.8) is 0 Å². The number of hydrogen-bond acceptors (Lipinski definition) is 4. The third-order valence-electron chi connectivity index (χ3n) is 6.70. The van der Waals surface area contributed by atoms with Gasteiger partial charge in [0.1, 0.15) is 6.04 Å². The standard InChI is InChI=1S/C22H37N3O4/c1-6-8-11-24-21(28)19-15-10-9-14(4)17(20(27)23-5)18(15)22(29)25(19)16(12-26)13(3)7-2/h9-10,13-19,26H,6-8,11-12H2,1-5H3,(H,23,27)(H,24,28)/t13-,14+,15-,16-,17+,18+,19-/m0/s1. The Balaban J connectivity index is 2.47. The fourth-order valence-corrected chi connectivity index (χ4v) is 4.77. The SMILES string of the molecule is CCCCNC(=O)[C@@H]1[C@H]2C=C[C@@H](C)[C@@H](C(=O)NC)[C@@H]2C(=O)N1[C@@H](CO)[C@@H](C)CC. The van der Waals surface area contributed by atoms with Crippen molar-refractivity contribution in [2.75, 3.05) is 20.2 Å². The zero-order valence-corrected chi connectivity index (χ0v) is 18.4. The third-order valence-corrected chi connectivity index (χ3v) is 6.70. The Kier molecular flexibility index (Phi) is 8.25. The van der Waals surface area contributed by atoms with Crippen LogP contribution in [0.1, 0.15) is 47.0 Å². The highest BCUT2D eigenvalue weighted by Crippen LogP contribution is 2.45. The second kappa shape index (κ2) is 10.2. The topological polar surface area (TPSA) is 98.7 Å². The molecule has 7 atom stereocenters. The Morgan fingerprint density at radius 2 is 1.93 bits per heavy atom. The minimum atomic E-state index is -0.702. The molecule has 2 aliphatic rings. The predicted octanol–water partition coefficient (Wildman–Crippen LogP) is 1.32. The lowest BCUT2D eigenvalue weighted by Gasteiger charge is -2.36. The number of carbonyl (C=O) groups is 3. The second-order valence-corrected chi connectivity index (χ2v) is 8.46. The van der Waals surface area contributed by atoms with Crippen molar-refractivity contribution in [2.24, 2.45) is 29.6 Å². The van der Waals surface area contributed by atoms with E-state index in [1.165, 1.54) is 0 Å². The zero-order valence-electron chi connectivity index (χ0n) is 18.4. The molecular weight excluding hydrogens is 370 g/mol. The molecule has 7 nitrogen and oxygen atoms in total. The lowest BCUT2D eigenvalue weighted by molar-refractivity contribution is -0.144. The summed E-state index contributed by atoms with van der Waals surface area (Å²) in [7, 11) is 1.57. The second-order valence-electron chi connectivity index (χ2n) is 8.46. The highest BCUT2D eigenvalue weighted by atomic mass is 16.3. The highest BCUT2D eigenvalue weighted by Gasteiger charge is 2.58. The molecule has 3 amide bonds. The summed E-state index contributed by atoms with van der Waals surface area (Å²) in [6, 6.07) is -1.15. The van der Waals surface area contributed by atoms with Gasteiger partial charge in [-0.3, -0.25) is 14.4 Å². The average molecular weight is 408 g/mol. The minimum absolute atomic E-state index is 0.0369. The number of allylic oxidation sites excluding steroid dienone is 1. The van der Waals surface area contributed by atoms with E-state index in [-0.39, 0.29) is 42.1 Å². The van der Waals surface area contributed by atoms with Crippen LogP contribution in [0.5, 0.6) is 0 Å². The van der Waals surface area contributed by atoms with Gasteiger partial charge in [-0.15, -0.1) is 0 Å². The van der Waals surface area contributed by atoms with Gasteiger partial charge in [-0.1, -0.05) is 52.7 Å². The van der Waals surface area contributed by atoms with Crippen molar-refractivity contribution in [1.82, 2.24) is 15.5 Å². The molecule has 1 aliphatic heterocycles. The summed E-state index contributed by atoms with van der Waals surface area (Å²) in [5, 5.41) is 15.8. The van der Waals surface area contributed by atoms with Gasteiger partial charge >= 0.3 is 0 Å². The van der Waals surface area contributed by atoms with Gasteiger partial charge in [-0.25, -0.2) is 0 Å². The van der Waals surface area contributed by atoms with Crippen LogP contribution in [0.4, 0.5) is 0 Å². The highest BCUT2D eigenvalue weighted by molar-refractivity contribution is 5.97. The van der Waals surface area contributed by atoms with Crippen molar-refractivity contribution in [1.29, 1.82) is 0 Å². The number of aliphatic hydroxyl groups is 1. The van der Waals surface area contributed by atoms with Crippen LogP contribution >= 0.6 is 0 Å². The van der Waals surface area contributed by atoms with Crippen molar-refractivity contribution in [3.8, 4) is 0 Å². The van der Waals surface area contributed by atoms with E-state index in [0.29, 0.717) is 6.54 Å². The zero-order chi connectivity index (χ0) is 21.7. The molecule has 0 unspecified atom stereocenters. The molecule has 2 rings (SSSR count). The maximum absolute atomic E-state index is 13.6. The average Bonchev–Trinajstić information content (AvgIpc) is 3.00. The summed E-state index contributed by atoms with van der Waals surface area (Å²) >= 11 is 0. The Bertz CT molecular complexity index is 636. The quantitative estimate of drug-likeness (QED) is 0.397. The molecule has 0 aromatic carbocycles. The number of amides is 3. The van der Waals surface area contributed by atoms with Gasteiger partial charge in [0.25, 0.3) is 0 Å². The summed E-state index contributed by atoms with van der Waals surface area (Å²) in [5.74, 6) is -2.12. The Hall–Kier alpha value is -1.89. The van der Waals surface area contributed by atoms with E-state index in [2.05, 4.69) is 17.6 Å². The van der Waals surface area contributed by atoms with Crippen LogP contribution in [0.25, 0.3) is 0 Å². The molecule has 1 fully saturated rings. The predicted molar refractivity (Wildman–Crippen MR) is 112 cm³/mol. The molecule has 0 spiro atoms. The van der Waals surface area contributed by atoms with Gasteiger partial charge in [0.05, 0.1) is 24.5 Å². The van der Waals surface area contributed by atoms with Gasteiger partial charge in [0.15, 0.2) is 0 Å². The van der Waals surface area contributed by atoms with Gasteiger partial charge in [0.2, 0.25) is 17.7 Å². The molecule has 1 saturated heterocycles.